The minimum absolute atomic E-state index is 0.122. The van der Waals surface area contributed by atoms with Crippen molar-refractivity contribution in [2.45, 2.75) is 251 Å². The number of carbonyl (C=O) groups excluding carboxylic acids is 13. The maximum absolute atomic E-state index is 13.6. The number of carbonyl (C=O) groups is 13. The molecular formula is C58H83N3O34. The van der Waals surface area contributed by atoms with Crippen molar-refractivity contribution < 1.29 is 162 Å². The molecular weight excluding hydrogens is 1280 g/mol. The second-order valence-corrected chi connectivity index (χ2v) is 21.8. The van der Waals surface area contributed by atoms with Crippen LogP contribution < -0.4 is 0 Å². The van der Waals surface area contributed by atoms with E-state index in [0.717, 1.165) is 103 Å². The van der Waals surface area contributed by atoms with Gasteiger partial charge in [-0.05, 0) is 18.4 Å². The van der Waals surface area contributed by atoms with E-state index in [9.17, 15) is 62.3 Å². The van der Waals surface area contributed by atoms with Crippen molar-refractivity contribution in [2.24, 2.45) is 5.11 Å². The van der Waals surface area contributed by atoms with Gasteiger partial charge in [-0.2, -0.15) is 0 Å². The standard InChI is InChI=1S/C58H83N3O34/c1-26(62)76-22-39-43(80-30(5)66)47(84-34(9)70)51(55(89-39)75-21-19-17-15-14-16-18-20-60-61-59)95-58-54(88-38(13)74)50(46(83-33(8)69)42(92-58)25-79-29(4)65)94-57-53(87-37(12)73)49(45(82-32(7)68)41(91-57)24-78-28(3)64)93-56-52(86-36(11)72)48(85-35(10)71)44(81-31(6)67)40(90-56)23-77-27(2)63/h39-58H,14-25H2,1-13H3/t39-,40-,41-,42-,43-,44-,45-,46-,47+,48+,49+,50+,51+,52+,53+,54+,55+,56-,57-,58-/m1/s1. The highest BCUT2D eigenvalue weighted by molar-refractivity contribution is 5.71. The molecule has 0 spiro atoms. The van der Waals surface area contributed by atoms with Gasteiger partial charge in [0.2, 0.25) is 0 Å². The summed E-state index contributed by atoms with van der Waals surface area (Å²) < 4.78 is 125. The maximum Gasteiger partial charge on any atom is 0.303 e. The summed E-state index contributed by atoms with van der Waals surface area (Å²) in [5, 5.41) is 3.54. The Bertz CT molecular complexity index is 2720. The number of hydrogen-bond donors (Lipinski definition) is 0. The van der Waals surface area contributed by atoms with E-state index in [1.165, 1.54) is 0 Å². The summed E-state index contributed by atoms with van der Waals surface area (Å²) in [5.74, 6) is -13.3. The molecule has 0 aromatic heterocycles. The highest BCUT2D eigenvalue weighted by atomic mass is 16.8. The Morgan fingerprint density at radius 1 is 0.295 bits per heavy atom. The van der Waals surface area contributed by atoms with E-state index >= 15 is 0 Å². The van der Waals surface area contributed by atoms with E-state index in [4.69, 9.17) is 105 Å². The number of unbranched alkanes of at least 4 members (excludes halogenated alkanes) is 5. The summed E-state index contributed by atoms with van der Waals surface area (Å²) in [6.07, 6.45) is -35.1. The monoisotopic (exact) mass is 1370 g/mol. The summed E-state index contributed by atoms with van der Waals surface area (Å²) >= 11 is 0. The molecule has 4 heterocycles. The highest BCUT2D eigenvalue weighted by Crippen LogP contribution is 2.40. The lowest BCUT2D eigenvalue weighted by Gasteiger charge is -2.51. The van der Waals surface area contributed by atoms with Crippen LogP contribution in [0, 0.1) is 0 Å². The van der Waals surface area contributed by atoms with E-state index in [2.05, 4.69) is 10.0 Å². The van der Waals surface area contributed by atoms with Gasteiger partial charge in [-0.15, -0.1) is 0 Å². The minimum Gasteiger partial charge on any atom is -0.463 e. The van der Waals surface area contributed by atoms with E-state index in [1.54, 1.807) is 0 Å². The SMILES string of the molecule is CC(=O)OC[C@H]1O[C@H](O[C@@H]2[C@H](OC(C)=O)[C@@H](O[C@@H]3[C@H](OC(C)=O)[C@@H](O[C@@H]4[C@@H](OCCCCCCCCN=[N+]=[N-])O[C@H](COC(C)=O)[C@@H](OC(C)=O)[C@@H]4OC(C)=O)O[C@H](COC(C)=O)[C@H]3OC(C)=O)O[C@H](COC(C)=O)[C@H]2OC(C)=O)[C@@H](OC(C)=O)[C@@H](OC(C)=O)[C@@H]1OC(C)=O. The average Bonchev–Trinajstić information content (AvgIpc) is 0.764. The Morgan fingerprint density at radius 2 is 0.537 bits per heavy atom. The second-order valence-electron chi connectivity index (χ2n) is 21.8. The van der Waals surface area contributed by atoms with Crippen LogP contribution in [0.3, 0.4) is 0 Å². The molecule has 0 radical (unpaired) electrons. The van der Waals surface area contributed by atoms with Crippen molar-refractivity contribution >= 4 is 77.6 Å². The summed E-state index contributed by atoms with van der Waals surface area (Å²) in [5.41, 5.74) is 8.62. The Morgan fingerprint density at radius 3 is 0.842 bits per heavy atom. The largest absolute Gasteiger partial charge is 0.463 e. The molecule has 95 heavy (non-hydrogen) atoms. The first-order valence-corrected chi connectivity index (χ1v) is 30.1. The Labute approximate surface area is 544 Å². The van der Waals surface area contributed by atoms with Crippen molar-refractivity contribution in [3.8, 4) is 0 Å². The quantitative estimate of drug-likeness (QED) is 0.0223. The number of nitrogens with zero attached hydrogens (tertiary/aromatic N) is 3. The molecule has 0 bridgehead atoms. The lowest BCUT2D eigenvalue weighted by molar-refractivity contribution is -0.393. The zero-order valence-electron chi connectivity index (χ0n) is 54.8. The van der Waals surface area contributed by atoms with Gasteiger partial charge in [0.1, 0.15) is 63.1 Å². The third-order valence-electron chi connectivity index (χ3n) is 13.8. The first-order valence-electron chi connectivity index (χ1n) is 30.1. The van der Waals surface area contributed by atoms with Crippen LogP contribution >= 0.6 is 0 Å². The number of ether oxygens (including phenoxy) is 21. The maximum atomic E-state index is 13.6. The summed E-state index contributed by atoms with van der Waals surface area (Å²) in [4.78, 5) is 171. The fourth-order valence-electron chi connectivity index (χ4n) is 10.4. The molecule has 0 aliphatic carbocycles. The number of rotatable bonds is 33. The van der Waals surface area contributed by atoms with Crippen LogP contribution in [0.4, 0.5) is 0 Å². The fourth-order valence-corrected chi connectivity index (χ4v) is 10.4. The van der Waals surface area contributed by atoms with Gasteiger partial charge in [0.25, 0.3) is 0 Å². The predicted octanol–water partition coefficient (Wildman–Crippen LogP) is 1.35. The van der Waals surface area contributed by atoms with Crippen LogP contribution in [0.25, 0.3) is 10.4 Å². The van der Waals surface area contributed by atoms with Gasteiger partial charge in [0.15, 0.2) is 86.2 Å². The van der Waals surface area contributed by atoms with Gasteiger partial charge >= 0.3 is 77.6 Å². The first kappa shape index (κ1) is 79.5. The third-order valence-corrected chi connectivity index (χ3v) is 13.8. The Hall–Kier alpha value is -7.90. The van der Waals surface area contributed by atoms with Gasteiger partial charge in [-0.25, -0.2) is 0 Å². The van der Waals surface area contributed by atoms with Crippen LogP contribution in [0.2, 0.25) is 0 Å². The predicted molar refractivity (Wildman–Crippen MR) is 303 cm³/mol. The van der Waals surface area contributed by atoms with Crippen molar-refractivity contribution in [2.75, 3.05) is 39.6 Å². The lowest BCUT2D eigenvalue weighted by Crippen LogP contribution is -2.70. The first-order chi connectivity index (χ1) is 44.8. The van der Waals surface area contributed by atoms with Crippen molar-refractivity contribution in [3.63, 3.8) is 0 Å². The molecule has 0 saturated carbocycles. The molecule has 0 amide bonds. The average molecular weight is 1370 g/mol. The molecule has 37 nitrogen and oxygen atoms in total. The van der Waals surface area contributed by atoms with Crippen LogP contribution in [0.15, 0.2) is 5.11 Å². The summed E-state index contributed by atoms with van der Waals surface area (Å²) in [6.45, 7) is 9.53. The zero-order valence-corrected chi connectivity index (χ0v) is 54.8. The molecule has 4 rings (SSSR count). The molecule has 0 N–H and O–H groups in total. The lowest BCUT2D eigenvalue weighted by atomic mass is 9.94. The van der Waals surface area contributed by atoms with Gasteiger partial charge < -0.3 is 99.5 Å². The van der Waals surface area contributed by atoms with E-state index in [0.29, 0.717) is 32.2 Å². The normalized spacial score (nSPS) is 30.2. The minimum atomic E-state index is -2.31. The Balaban J connectivity index is 2.05. The van der Waals surface area contributed by atoms with Gasteiger partial charge in [-0.3, -0.25) is 62.3 Å². The summed E-state index contributed by atoms with van der Waals surface area (Å²) in [7, 11) is 0. The summed E-state index contributed by atoms with van der Waals surface area (Å²) in [6, 6.07) is 0. The number of azide groups is 1. The van der Waals surface area contributed by atoms with Gasteiger partial charge in [0, 0.05) is 108 Å². The van der Waals surface area contributed by atoms with Crippen molar-refractivity contribution in [1.29, 1.82) is 0 Å². The molecule has 4 aliphatic rings. The molecule has 534 valence electrons. The molecule has 4 fully saturated rings. The zero-order chi connectivity index (χ0) is 70.8. The molecule has 0 aromatic carbocycles. The van der Waals surface area contributed by atoms with Crippen LogP contribution in [0.5, 0.6) is 0 Å². The van der Waals surface area contributed by atoms with Crippen LogP contribution in [-0.2, 0) is 162 Å². The van der Waals surface area contributed by atoms with Crippen molar-refractivity contribution in [3.05, 3.63) is 10.4 Å². The smallest absolute Gasteiger partial charge is 0.303 e. The highest BCUT2D eigenvalue weighted by Gasteiger charge is 2.62. The fraction of sp³-hybridized carbons (Fsp3) is 0.776. The molecule has 4 aliphatic heterocycles. The van der Waals surface area contributed by atoms with Crippen molar-refractivity contribution in [1.82, 2.24) is 0 Å². The van der Waals surface area contributed by atoms with Crippen LogP contribution in [0.1, 0.15) is 129 Å². The molecule has 37 heteroatoms. The molecule has 0 unspecified atom stereocenters. The van der Waals surface area contributed by atoms with Crippen LogP contribution in [-0.4, -0.2) is 240 Å². The Kier molecular flexibility index (Phi) is 32.8. The topological polar surface area (TPSA) is 465 Å². The third kappa shape index (κ3) is 26.3. The van der Waals surface area contributed by atoms with Gasteiger partial charge in [-0.1, -0.05) is 30.8 Å². The second kappa shape index (κ2) is 39.2. The number of esters is 13. The van der Waals surface area contributed by atoms with E-state index < -0.39 is 227 Å². The molecule has 0 aromatic rings. The number of hydrogen-bond acceptors (Lipinski definition) is 35. The van der Waals surface area contributed by atoms with E-state index in [1.807, 2.05) is 0 Å². The van der Waals surface area contributed by atoms with Gasteiger partial charge in [0.05, 0.1) is 0 Å². The molecule has 20 atom stereocenters. The molecule has 4 saturated heterocycles. The van der Waals surface area contributed by atoms with E-state index in [-0.39, 0.29) is 6.61 Å².